The normalized spacial score (nSPS) is 10.4. The lowest BCUT2D eigenvalue weighted by Crippen LogP contribution is -2.00. The highest BCUT2D eigenvalue weighted by Crippen LogP contribution is 2.36. The highest BCUT2D eigenvalue weighted by molar-refractivity contribution is 9.10. The predicted octanol–water partition coefficient (Wildman–Crippen LogP) is 5.95. The third-order valence-corrected chi connectivity index (χ3v) is 5.20. The summed E-state index contributed by atoms with van der Waals surface area (Å²) in [6, 6.07) is 14.7. The maximum absolute atomic E-state index is 9.53. The van der Waals surface area contributed by atoms with E-state index in [1.807, 2.05) is 24.3 Å². The van der Waals surface area contributed by atoms with Crippen LogP contribution in [0.4, 0.5) is 5.82 Å². The number of benzene rings is 2. The Labute approximate surface area is 169 Å². The van der Waals surface area contributed by atoms with Gasteiger partial charge in [-0.2, -0.15) is 5.26 Å². The van der Waals surface area contributed by atoms with Crippen LogP contribution in [0.3, 0.4) is 0 Å². The molecule has 26 heavy (non-hydrogen) atoms. The van der Waals surface area contributed by atoms with E-state index in [9.17, 15) is 5.26 Å². The summed E-state index contributed by atoms with van der Waals surface area (Å²) in [6.07, 6.45) is 0. The summed E-state index contributed by atoms with van der Waals surface area (Å²) >= 11 is 15.6. The Kier molecular flexibility index (Phi) is 5.38. The molecule has 130 valence electrons. The highest BCUT2D eigenvalue weighted by atomic mass is 79.9. The second-order valence-corrected chi connectivity index (χ2v) is 7.07. The molecule has 1 aromatic heterocycles. The number of pyridine rings is 1. The zero-order valence-electron chi connectivity index (χ0n) is 13.6. The summed E-state index contributed by atoms with van der Waals surface area (Å²) in [5.74, 6) is 0.844. The van der Waals surface area contributed by atoms with Gasteiger partial charge in [0.1, 0.15) is 23.2 Å². The Bertz CT molecular complexity index is 1050. The van der Waals surface area contributed by atoms with Crippen molar-refractivity contribution < 1.29 is 4.74 Å². The molecule has 0 atom stereocenters. The average molecular weight is 449 g/mol. The zero-order chi connectivity index (χ0) is 18.8. The van der Waals surface area contributed by atoms with Crippen LogP contribution in [0.2, 0.25) is 10.0 Å². The first-order chi connectivity index (χ1) is 12.4. The van der Waals surface area contributed by atoms with Gasteiger partial charge < -0.3 is 10.5 Å². The van der Waals surface area contributed by atoms with Crippen LogP contribution in [0.15, 0.2) is 46.9 Å². The van der Waals surface area contributed by atoms with Crippen molar-refractivity contribution in [3.05, 3.63) is 62.5 Å². The molecular formula is C19H12BrCl2N3O. The molecule has 0 aliphatic heterocycles. The molecule has 4 nitrogen and oxygen atoms in total. The molecule has 2 N–H and O–H groups in total. The molecule has 0 unspecified atom stereocenters. The highest BCUT2D eigenvalue weighted by Gasteiger charge is 2.15. The largest absolute Gasteiger partial charge is 0.496 e. The zero-order valence-corrected chi connectivity index (χ0v) is 16.7. The molecule has 0 spiro atoms. The van der Waals surface area contributed by atoms with Gasteiger partial charge in [-0.3, -0.25) is 0 Å². The molecule has 2 aromatic carbocycles. The van der Waals surface area contributed by atoms with Crippen molar-refractivity contribution in [2.45, 2.75) is 0 Å². The minimum atomic E-state index is 0.151. The summed E-state index contributed by atoms with van der Waals surface area (Å²) in [5.41, 5.74) is 9.19. The van der Waals surface area contributed by atoms with Gasteiger partial charge in [-0.25, -0.2) is 4.98 Å². The van der Waals surface area contributed by atoms with Crippen LogP contribution in [0.5, 0.6) is 5.75 Å². The number of hydrogen-bond donors (Lipinski definition) is 1. The molecule has 0 saturated heterocycles. The van der Waals surface area contributed by atoms with Gasteiger partial charge >= 0.3 is 0 Å². The number of hydrogen-bond acceptors (Lipinski definition) is 4. The molecule has 0 aliphatic rings. The first-order valence-corrected chi connectivity index (χ1v) is 8.99. The van der Waals surface area contributed by atoms with Gasteiger partial charge in [-0.15, -0.1) is 0 Å². The summed E-state index contributed by atoms with van der Waals surface area (Å²) < 4.78 is 6.03. The minimum absolute atomic E-state index is 0.151. The number of methoxy groups -OCH3 is 1. The molecular weight excluding hydrogens is 437 g/mol. The number of ether oxygens (including phenoxy) is 1. The number of nitriles is 1. The van der Waals surface area contributed by atoms with Gasteiger partial charge in [-0.05, 0) is 51.8 Å². The van der Waals surface area contributed by atoms with E-state index in [0.29, 0.717) is 32.6 Å². The fourth-order valence-corrected chi connectivity index (χ4v) is 3.39. The van der Waals surface area contributed by atoms with Crippen LogP contribution in [0.1, 0.15) is 5.56 Å². The Hall–Kier alpha value is -2.26. The van der Waals surface area contributed by atoms with Crippen LogP contribution < -0.4 is 10.5 Å². The van der Waals surface area contributed by atoms with Crippen molar-refractivity contribution in [2.75, 3.05) is 12.8 Å². The molecule has 7 heteroatoms. The van der Waals surface area contributed by atoms with Crippen LogP contribution in [-0.4, -0.2) is 12.1 Å². The summed E-state index contributed by atoms with van der Waals surface area (Å²) in [5, 5.41) is 10.4. The molecule has 0 amide bonds. The SMILES string of the molecule is COc1ccc(-c2cc(-c3ccc(Cl)c(Cl)c3)nc(N)c2C#N)cc1Br. The molecule has 1 heterocycles. The van der Waals surface area contributed by atoms with E-state index in [1.54, 1.807) is 25.3 Å². The lowest BCUT2D eigenvalue weighted by Gasteiger charge is -2.12. The van der Waals surface area contributed by atoms with Gasteiger partial charge in [0.25, 0.3) is 0 Å². The van der Waals surface area contributed by atoms with Gasteiger partial charge in [-0.1, -0.05) is 35.3 Å². The smallest absolute Gasteiger partial charge is 0.142 e. The molecule has 0 radical (unpaired) electrons. The lowest BCUT2D eigenvalue weighted by molar-refractivity contribution is 0.412. The second-order valence-electron chi connectivity index (χ2n) is 5.41. The molecule has 0 aliphatic carbocycles. The van der Waals surface area contributed by atoms with E-state index < -0.39 is 0 Å². The van der Waals surface area contributed by atoms with Crippen LogP contribution in [-0.2, 0) is 0 Å². The van der Waals surface area contributed by atoms with Gasteiger partial charge in [0.2, 0.25) is 0 Å². The quantitative estimate of drug-likeness (QED) is 0.537. The van der Waals surface area contributed by atoms with Crippen LogP contribution in [0.25, 0.3) is 22.4 Å². The fourth-order valence-electron chi connectivity index (χ4n) is 2.55. The van der Waals surface area contributed by atoms with E-state index in [2.05, 4.69) is 27.0 Å². The number of halogens is 3. The van der Waals surface area contributed by atoms with E-state index in [1.165, 1.54) is 0 Å². The third-order valence-electron chi connectivity index (χ3n) is 3.84. The Morgan fingerprint density at radius 3 is 2.42 bits per heavy atom. The Balaban J connectivity index is 2.21. The van der Waals surface area contributed by atoms with E-state index in [0.717, 1.165) is 15.6 Å². The van der Waals surface area contributed by atoms with Crippen LogP contribution >= 0.6 is 39.1 Å². The standard InChI is InChI=1S/C19H12BrCl2N3O/c1-26-18-5-3-10(6-14(18)20)12-8-17(25-19(24)13(12)9-23)11-2-4-15(21)16(22)7-11/h2-8H,1H3,(H2,24,25). The van der Waals surface area contributed by atoms with E-state index in [4.69, 9.17) is 33.7 Å². The van der Waals surface area contributed by atoms with Crippen molar-refractivity contribution in [1.29, 1.82) is 5.26 Å². The average Bonchev–Trinajstić information content (AvgIpc) is 2.63. The summed E-state index contributed by atoms with van der Waals surface area (Å²) in [7, 11) is 1.59. The predicted molar refractivity (Wildman–Crippen MR) is 109 cm³/mol. The van der Waals surface area contributed by atoms with Gasteiger partial charge in [0.05, 0.1) is 27.3 Å². The topological polar surface area (TPSA) is 71.9 Å². The van der Waals surface area contributed by atoms with Crippen molar-refractivity contribution >= 4 is 44.9 Å². The molecule has 0 fully saturated rings. The Morgan fingerprint density at radius 2 is 1.81 bits per heavy atom. The molecule has 0 saturated carbocycles. The molecule has 3 rings (SSSR count). The number of nitrogen functional groups attached to an aromatic ring is 1. The van der Waals surface area contributed by atoms with Crippen molar-refractivity contribution in [1.82, 2.24) is 4.98 Å². The number of nitrogens with two attached hydrogens (primary N) is 1. The first kappa shape index (κ1) is 18.5. The number of nitrogens with zero attached hydrogens (tertiary/aromatic N) is 2. The summed E-state index contributed by atoms with van der Waals surface area (Å²) in [6.45, 7) is 0. The molecule has 3 aromatic rings. The van der Waals surface area contributed by atoms with Crippen molar-refractivity contribution in [3.63, 3.8) is 0 Å². The number of aromatic nitrogens is 1. The summed E-state index contributed by atoms with van der Waals surface area (Å²) in [4.78, 5) is 4.34. The maximum atomic E-state index is 9.53. The van der Waals surface area contributed by atoms with Gasteiger partial charge in [0, 0.05) is 11.1 Å². The number of anilines is 1. The van der Waals surface area contributed by atoms with Crippen molar-refractivity contribution in [3.8, 4) is 34.2 Å². The van der Waals surface area contributed by atoms with E-state index >= 15 is 0 Å². The minimum Gasteiger partial charge on any atom is -0.496 e. The molecule has 0 bridgehead atoms. The maximum Gasteiger partial charge on any atom is 0.142 e. The number of rotatable bonds is 3. The lowest BCUT2D eigenvalue weighted by atomic mass is 9.98. The van der Waals surface area contributed by atoms with Crippen LogP contribution in [0, 0.1) is 11.3 Å². The first-order valence-electron chi connectivity index (χ1n) is 7.44. The van der Waals surface area contributed by atoms with E-state index in [-0.39, 0.29) is 5.82 Å². The second kappa shape index (κ2) is 7.55. The third kappa shape index (κ3) is 3.49. The Morgan fingerprint density at radius 1 is 1.08 bits per heavy atom. The monoisotopic (exact) mass is 447 g/mol. The fraction of sp³-hybridized carbons (Fsp3) is 0.0526. The van der Waals surface area contributed by atoms with Gasteiger partial charge in [0.15, 0.2) is 0 Å². The van der Waals surface area contributed by atoms with Crippen molar-refractivity contribution in [2.24, 2.45) is 0 Å².